The van der Waals surface area contributed by atoms with Crippen LogP contribution in [-0.4, -0.2) is 41.6 Å². The minimum Gasteiger partial charge on any atom is -0.355 e. The third-order valence-corrected chi connectivity index (χ3v) is 5.18. The first-order chi connectivity index (χ1) is 12.8. The van der Waals surface area contributed by atoms with Gasteiger partial charge < -0.3 is 9.84 Å². The quantitative estimate of drug-likeness (QED) is 0.763. The van der Waals surface area contributed by atoms with Gasteiger partial charge in [0.2, 0.25) is 0 Å². The lowest BCUT2D eigenvalue weighted by Crippen LogP contribution is -2.40. The molecule has 4 rings (SSSR count). The van der Waals surface area contributed by atoms with Gasteiger partial charge in [-0.05, 0) is 44.1 Å². The maximum Gasteiger partial charge on any atom is 0.251 e. The lowest BCUT2D eigenvalue weighted by atomic mass is 10.1. The summed E-state index contributed by atoms with van der Waals surface area (Å²) in [6.07, 6.45) is 2.36. The highest BCUT2D eigenvalue weighted by Crippen LogP contribution is 2.29. The number of likely N-dealkylation sites (tertiary alicyclic amines) is 1. The van der Waals surface area contributed by atoms with Gasteiger partial charge in [-0.25, -0.2) is 0 Å². The summed E-state index contributed by atoms with van der Waals surface area (Å²) in [5.74, 6) is 0.651. The first-order valence-electron chi connectivity index (χ1n) is 9.23. The molecule has 1 atom stereocenters. The smallest absolute Gasteiger partial charge is 0.251 e. The van der Waals surface area contributed by atoms with Gasteiger partial charge in [0.1, 0.15) is 5.52 Å². The van der Waals surface area contributed by atoms with Crippen molar-refractivity contribution in [3.63, 3.8) is 0 Å². The standard InChI is InChI=1S/C21H23N3O2/c1-2-24-12-6-9-17(24)14-22-21(25)16-10-11-19-18(13-16)20(26-23-19)15-7-4-3-5-8-15/h3-5,7-8,10-11,13,17H,2,6,9,12,14H2,1H3,(H,22,25). The fourth-order valence-electron chi connectivity index (χ4n) is 3.74. The SMILES string of the molecule is CCN1CCCC1CNC(=O)c1ccc2noc(-c3ccccc3)c2c1. The predicted octanol–water partition coefficient (Wildman–Crippen LogP) is 3.71. The zero-order valence-corrected chi connectivity index (χ0v) is 14.9. The Morgan fingerprint density at radius 3 is 2.92 bits per heavy atom. The number of carbonyl (C=O) groups is 1. The molecule has 1 aromatic heterocycles. The van der Waals surface area contributed by atoms with Crippen molar-refractivity contribution in [1.29, 1.82) is 0 Å². The molecule has 1 N–H and O–H groups in total. The predicted molar refractivity (Wildman–Crippen MR) is 102 cm³/mol. The summed E-state index contributed by atoms with van der Waals surface area (Å²) in [7, 11) is 0. The Kier molecular flexibility index (Phi) is 4.71. The molecular formula is C21H23N3O2. The van der Waals surface area contributed by atoms with Gasteiger partial charge in [-0.1, -0.05) is 42.4 Å². The van der Waals surface area contributed by atoms with Crippen LogP contribution in [0.3, 0.4) is 0 Å². The van der Waals surface area contributed by atoms with E-state index < -0.39 is 0 Å². The number of amides is 1. The van der Waals surface area contributed by atoms with E-state index in [9.17, 15) is 4.79 Å². The molecule has 2 heterocycles. The van der Waals surface area contributed by atoms with Crippen molar-refractivity contribution in [2.45, 2.75) is 25.8 Å². The zero-order valence-electron chi connectivity index (χ0n) is 14.9. The van der Waals surface area contributed by atoms with E-state index in [2.05, 4.69) is 22.3 Å². The molecule has 1 fully saturated rings. The summed E-state index contributed by atoms with van der Waals surface area (Å²) in [5.41, 5.74) is 2.35. The van der Waals surface area contributed by atoms with Gasteiger partial charge in [-0.2, -0.15) is 0 Å². The van der Waals surface area contributed by atoms with Crippen LogP contribution < -0.4 is 5.32 Å². The number of nitrogens with one attached hydrogen (secondary N) is 1. The Morgan fingerprint density at radius 1 is 1.27 bits per heavy atom. The molecule has 5 nitrogen and oxygen atoms in total. The van der Waals surface area contributed by atoms with E-state index in [0.29, 0.717) is 23.9 Å². The molecule has 0 radical (unpaired) electrons. The van der Waals surface area contributed by atoms with Gasteiger partial charge in [-0.15, -0.1) is 0 Å². The number of fused-ring (bicyclic) bond motifs is 1. The Balaban J connectivity index is 1.54. The Hall–Kier alpha value is -2.66. The number of benzene rings is 2. The summed E-state index contributed by atoms with van der Waals surface area (Å²) in [4.78, 5) is 15.1. The molecule has 1 unspecified atom stereocenters. The molecule has 0 aliphatic carbocycles. The van der Waals surface area contributed by atoms with E-state index in [1.165, 1.54) is 6.42 Å². The van der Waals surface area contributed by atoms with Crippen LogP contribution in [0, 0.1) is 0 Å². The first kappa shape index (κ1) is 16.8. The van der Waals surface area contributed by atoms with Crippen molar-refractivity contribution >= 4 is 16.8 Å². The minimum absolute atomic E-state index is 0.0462. The average Bonchev–Trinajstić information content (AvgIpc) is 3.32. The second-order valence-corrected chi connectivity index (χ2v) is 6.74. The lowest BCUT2D eigenvalue weighted by Gasteiger charge is -2.22. The highest BCUT2D eigenvalue weighted by Gasteiger charge is 2.23. The van der Waals surface area contributed by atoms with Crippen LogP contribution in [0.1, 0.15) is 30.1 Å². The second-order valence-electron chi connectivity index (χ2n) is 6.74. The van der Waals surface area contributed by atoms with Crippen molar-refractivity contribution in [3.05, 3.63) is 54.1 Å². The Bertz CT molecular complexity index is 904. The number of hydrogen-bond donors (Lipinski definition) is 1. The zero-order chi connectivity index (χ0) is 17.9. The molecule has 0 bridgehead atoms. The summed E-state index contributed by atoms with van der Waals surface area (Å²) < 4.78 is 5.52. The largest absolute Gasteiger partial charge is 0.355 e. The summed E-state index contributed by atoms with van der Waals surface area (Å²) in [6, 6.07) is 15.8. The molecular weight excluding hydrogens is 326 g/mol. The van der Waals surface area contributed by atoms with Crippen molar-refractivity contribution in [1.82, 2.24) is 15.4 Å². The summed E-state index contributed by atoms with van der Waals surface area (Å²) >= 11 is 0. The number of likely N-dealkylation sites (N-methyl/N-ethyl adjacent to an activating group) is 1. The molecule has 0 spiro atoms. The fraction of sp³-hybridized carbons (Fsp3) is 0.333. The van der Waals surface area contributed by atoms with Gasteiger partial charge in [0.05, 0.1) is 5.39 Å². The molecule has 1 amide bonds. The number of hydrogen-bond acceptors (Lipinski definition) is 4. The average molecular weight is 349 g/mol. The molecule has 1 saturated heterocycles. The first-order valence-corrected chi connectivity index (χ1v) is 9.23. The molecule has 1 aliphatic heterocycles. The minimum atomic E-state index is -0.0462. The van der Waals surface area contributed by atoms with Gasteiger partial charge in [0.25, 0.3) is 5.91 Å². The van der Waals surface area contributed by atoms with Crippen LogP contribution in [0.5, 0.6) is 0 Å². The fourth-order valence-corrected chi connectivity index (χ4v) is 3.74. The topological polar surface area (TPSA) is 58.4 Å². The van der Waals surface area contributed by atoms with Crippen molar-refractivity contribution < 1.29 is 9.32 Å². The van der Waals surface area contributed by atoms with Crippen molar-refractivity contribution in [2.75, 3.05) is 19.6 Å². The number of carbonyl (C=O) groups excluding carboxylic acids is 1. The maximum absolute atomic E-state index is 12.6. The van der Waals surface area contributed by atoms with Gasteiger partial charge in [-0.3, -0.25) is 9.69 Å². The molecule has 5 heteroatoms. The van der Waals surface area contributed by atoms with Crippen LogP contribution >= 0.6 is 0 Å². The van der Waals surface area contributed by atoms with Crippen LogP contribution in [0.15, 0.2) is 53.1 Å². The molecule has 26 heavy (non-hydrogen) atoms. The maximum atomic E-state index is 12.6. The van der Waals surface area contributed by atoms with E-state index >= 15 is 0 Å². The van der Waals surface area contributed by atoms with E-state index in [0.717, 1.165) is 36.0 Å². The number of nitrogens with zero attached hydrogens (tertiary/aromatic N) is 2. The van der Waals surface area contributed by atoms with Crippen LogP contribution in [-0.2, 0) is 0 Å². The lowest BCUT2D eigenvalue weighted by molar-refractivity contribution is 0.0941. The number of rotatable bonds is 5. The molecule has 0 saturated carbocycles. The van der Waals surface area contributed by atoms with Gasteiger partial charge in [0.15, 0.2) is 5.76 Å². The van der Waals surface area contributed by atoms with Crippen LogP contribution in [0.25, 0.3) is 22.2 Å². The van der Waals surface area contributed by atoms with E-state index in [1.54, 1.807) is 6.07 Å². The van der Waals surface area contributed by atoms with Crippen molar-refractivity contribution in [2.24, 2.45) is 0 Å². The second kappa shape index (κ2) is 7.30. The molecule has 1 aliphatic rings. The van der Waals surface area contributed by atoms with Gasteiger partial charge in [0, 0.05) is 23.7 Å². The highest BCUT2D eigenvalue weighted by molar-refractivity contribution is 6.00. The summed E-state index contributed by atoms with van der Waals surface area (Å²) in [5, 5.41) is 8.06. The molecule has 134 valence electrons. The Labute approximate surface area is 153 Å². The Morgan fingerprint density at radius 2 is 2.12 bits per heavy atom. The highest BCUT2D eigenvalue weighted by atomic mass is 16.5. The third-order valence-electron chi connectivity index (χ3n) is 5.18. The van der Waals surface area contributed by atoms with E-state index in [4.69, 9.17) is 4.52 Å². The van der Waals surface area contributed by atoms with Crippen molar-refractivity contribution in [3.8, 4) is 11.3 Å². The van der Waals surface area contributed by atoms with E-state index in [1.807, 2.05) is 42.5 Å². The van der Waals surface area contributed by atoms with Crippen LogP contribution in [0.2, 0.25) is 0 Å². The van der Waals surface area contributed by atoms with E-state index in [-0.39, 0.29) is 5.91 Å². The third kappa shape index (κ3) is 3.22. The molecule has 2 aromatic carbocycles. The monoisotopic (exact) mass is 349 g/mol. The van der Waals surface area contributed by atoms with Gasteiger partial charge >= 0.3 is 0 Å². The summed E-state index contributed by atoms with van der Waals surface area (Å²) in [6.45, 7) is 5.03. The normalized spacial score (nSPS) is 17.7. The van der Waals surface area contributed by atoms with Crippen LogP contribution in [0.4, 0.5) is 0 Å². The number of aromatic nitrogens is 1. The molecule has 3 aromatic rings.